The number of rotatable bonds is 42. The van der Waals surface area contributed by atoms with Crippen LogP contribution >= 0.6 is 7.82 Å². The Balaban J connectivity index is 4.03. The largest absolute Gasteiger partial charge is 0.472 e. The maximum absolute atomic E-state index is 12.5. The van der Waals surface area contributed by atoms with Crippen molar-refractivity contribution in [3.63, 3.8) is 0 Å². The first kappa shape index (κ1) is 51.8. The number of carbonyl (C=O) groups is 2. The maximum Gasteiger partial charge on any atom is 0.472 e. The first-order valence-corrected chi connectivity index (χ1v) is 23.7. The Bertz CT molecular complexity index is 886. The predicted octanol–water partition coefficient (Wildman–Crippen LogP) is 12.6. The maximum atomic E-state index is 12.5. The lowest BCUT2D eigenvalue weighted by Gasteiger charge is -2.19. The summed E-state index contributed by atoms with van der Waals surface area (Å²) in [5, 5.41) is 0. The van der Waals surface area contributed by atoms with Gasteiger partial charge in [0.1, 0.15) is 6.61 Å². The van der Waals surface area contributed by atoms with Crippen molar-refractivity contribution in [2.24, 2.45) is 5.73 Å². The molecule has 1 unspecified atom stereocenters. The molecule has 9 nitrogen and oxygen atoms in total. The van der Waals surface area contributed by atoms with Crippen LogP contribution in [0.1, 0.15) is 219 Å². The van der Waals surface area contributed by atoms with E-state index < -0.39 is 26.5 Å². The molecule has 53 heavy (non-hydrogen) atoms. The second-order valence-electron chi connectivity index (χ2n) is 14.9. The fourth-order valence-electron chi connectivity index (χ4n) is 6.34. The second-order valence-corrected chi connectivity index (χ2v) is 16.4. The number of nitrogens with two attached hydrogens (primary N) is 1. The number of phosphoric ester groups is 1. The SMILES string of the molecule is CCCCCCCCC=CCCCCCCCCCCCCCC(=O)OC[C@H](COP(=O)(O)OCCN)OC(=O)CCCCCCCCCCCCC. The molecule has 10 heteroatoms. The third-order valence-corrected chi connectivity index (χ3v) is 10.6. The van der Waals surface area contributed by atoms with Gasteiger partial charge in [0.15, 0.2) is 6.10 Å². The topological polar surface area (TPSA) is 134 Å². The van der Waals surface area contributed by atoms with Gasteiger partial charge in [-0.3, -0.25) is 18.6 Å². The Morgan fingerprint density at radius 2 is 0.925 bits per heavy atom. The number of hydrogen-bond donors (Lipinski definition) is 2. The summed E-state index contributed by atoms with van der Waals surface area (Å²) < 4.78 is 32.7. The van der Waals surface area contributed by atoms with Crippen LogP contribution in [0, 0.1) is 0 Å². The Kier molecular flexibility index (Phi) is 39.5. The Labute approximate surface area is 326 Å². The highest BCUT2D eigenvalue weighted by atomic mass is 31.2. The van der Waals surface area contributed by atoms with Gasteiger partial charge in [0.05, 0.1) is 13.2 Å². The zero-order valence-electron chi connectivity index (χ0n) is 34.5. The lowest BCUT2D eigenvalue weighted by Crippen LogP contribution is -2.29. The van der Waals surface area contributed by atoms with Crippen LogP contribution in [0.2, 0.25) is 0 Å². The average molecular weight is 774 g/mol. The minimum Gasteiger partial charge on any atom is -0.462 e. The Hall–Kier alpha value is -1.25. The van der Waals surface area contributed by atoms with Crippen LogP contribution in [-0.2, 0) is 32.7 Å². The van der Waals surface area contributed by atoms with Gasteiger partial charge in [0.25, 0.3) is 0 Å². The molecule has 0 aliphatic heterocycles. The van der Waals surface area contributed by atoms with Gasteiger partial charge in [0.2, 0.25) is 0 Å². The van der Waals surface area contributed by atoms with Crippen molar-refractivity contribution in [3.8, 4) is 0 Å². The van der Waals surface area contributed by atoms with Crippen LogP contribution in [0.4, 0.5) is 0 Å². The van der Waals surface area contributed by atoms with Crippen molar-refractivity contribution < 1.29 is 37.6 Å². The van der Waals surface area contributed by atoms with Gasteiger partial charge >= 0.3 is 19.8 Å². The molecule has 0 aliphatic rings. The lowest BCUT2D eigenvalue weighted by molar-refractivity contribution is -0.161. The van der Waals surface area contributed by atoms with E-state index in [0.29, 0.717) is 6.42 Å². The highest BCUT2D eigenvalue weighted by Crippen LogP contribution is 2.43. The molecule has 0 spiro atoms. The van der Waals surface area contributed by atoms with Gasteiger partial charge in [-0.15, -0.1) is 0 Å². The van der Waals surface area contributed by atoms with E-state index in [1.807, 2.05) is 0 Å². The molecule has 0 aromatic carbocycles. The monoisotopic (exact) mass is 774 g/mol. The van der Waals surface area contributed by atoms with E-state index in [1.165, 1.54) is 154 Å². The van der Waals surface area contributed by atoms with Crippen molar-refractivity contribution >= 4 is 19.8 Å². The van der Waals surface area contributed by atoms with Crippen LogP contribution in [-0.4, -0.2) is 49.3 Å². The molecule has 0 aromatic heterocycles. The summed E-state index contributed by atoms with van der Waals surface area (Å²) in [7, 11) is -4.37. The van der Waals surface area contributed by atoms with E-state index >= 15 is 0 Å². The van der Waals surface area contributed by atoms with Crippen LogP contribution in [0.15, 0.2) is 12.2 Å². The number of ether oxygens (including phenoxy) is 2. The third kappa shape index (κ3) is 40.2. The molecule has 0 aromatic rings. The van der Waals surface area contributed by atoms with Gasteiger partial charge in [-0.2, -0.15) is 0 Å². The molecule has 3 N–H and O–H groups in total. The van der Waals surface area contributed by atoms with Crippen molar-refractivity contribution in [2.45, 2.75) is 225 Å². The average Bonchev–Trinajstić information content (AvgIpc) is 3.14. The van der Waals surface area contributed by atoms with E-state index in [0.717, 1.165) is 32.1 Å². The molecule has 0 radical (unpaired) electrons. The third-order valence-electron chi connectivity index (χ3n) is 9.65. The molecule has 0 amide bonds. The summed E-state index contributed by atoms with van der Waals surface area (Å²) in [5.41, 5.74) is 5.34. The summed E-state index contributed by atoms with van der Waals surface area (Å²) in [4.78, 5) is 34.8. The highest BCUT2D eigenvalue weighted by Gasteiger charge is 2.26. The number of hydrogen-bond acceptors (Lipinski definition) is 8. The fraction of sp³-hybridized carbons (Fsp3) is 0.907. The molecular formula is C43H84NO8P. The first-order chi connectivity index (χ1) is 25.8. The van der Waals surface area contributed by atoms with E-state index in [2.05, 4.69) is 26.0 Å². The molecule has 0 rings (SSSR count). The van der Waals surface area contributed by atoms with Gasteiger partial charge < -0.3 is 20.1 Å². The molecule has 0 saturated heterocycles. The zero-order chi connectivity index (χ0) is 38.9. The van der Waals surface area contributed by atoms with Crippen LogP contribution in [0.3, 0.4) is 0 Å². The summed E-state index contributed by atoms with van der Waals surface area (Å²) in [6.45, 7) is 3.74. The molecule has 314 valence electrons. The van der Waals surface area contributed by atoms with Gasteiger partial charge in [-0.25, -0.2) is 4.57 Å². The summed E-state index contributed by atoms with van der Waals surface area (Å²) in [5.74, 6) is -0.820. The summed E-state index contributed by atoms with van der Waals surface area (Å²) >= 11 is 0. The van der Waals surface area contributed by atoms with E-state index in [9.17, 15) is 19.0 Å². The van der Waals surface area contributed by atoms with Crippen molar-refractivity contribution in [1.82, 2.24) is 0 Å². The van der Waals surface area contributed by atoms with E-state index in [4.69, 9.17) is 24.3 Å². The molecule has 0 aliphatic carbocycles. The molecule has 0 saturated carbocycles. The summed E-state index contributed by atoms with van der Waals surface area (Å²) in [6, 6.07) is 0. The number of carbonyl (C=O) groups excluding carboxylic acids is 2. The number of unbranched alkanes of at least 4 members (excludes halogenated alkanes) is 27. The second kappa shape index (κ2) is 40.4. The van der Waals surface area contributed by atoms with Gasteiger partial charge in [-0.05, 0) is 38.5 Å². The quantitative estimate of drug-likeness (QED) is 0.0269. The zero-order valence-corrected chi connectivity index (χ0v) is 35.4. The minimum absolute atomic E-state index is 0.0563. The standard InChI is InChI=1S/C43H84NO8P/c1-3-5-7-9-11-13-15-16-17-18-19-20-21-22-23-24-26-27-29-31-33-35-42(45)49-39-41(40-51-53(47,48)50-38-37-44)52-43(46)36-34-32-30-28-25-14-12-10-8-6-4-2/h16-17,41H,3-15,18-40,44H2,1-2H3,(H,47,48)/t41-/m1/s1. The van der Waals surface area contributed by atoms with Crippen LogP contribution in [0.25, 0.3) is 0 Å². The van der Waals surface area contributed by atoms with Crippen molar-refractivity contribution in [2.75, 3.05) is 26.4 Å². The van der Waals surface area contributed by atoms with E-state index in [-0.39, 0.29) is 38.6 Å². The summed E-state index contributed by atoms with van der Waals surface area (Å²) in [6.07, 6.45) is 41.0. The molecule has 2 atom stereocenters. The molecule has 0 fully saturated rings. The van der Waals surface area contributed by atoms with Crippen LogP contribution in [0.5, 0.6) is 0 Å². The van der Waals surface area contributed by atoms with Crippen LogP contribution < -0.4 is 5.73 Å². The Morgan fingerprint density at radius 3 is 1.34 bits per heavy atom. The molecule has 0 bridgehead atoms. The number of allylic oxidation sites excluding steroid dienone is 2. The normalized spacial score (nSPS) is 13.4. The minimum atomic E-state index is -4.37. The van der Waals surface area contributed by atoms with Crippen molar-refractivity contribution in [1.29, 1.82) is 0 Å². The smallest absolute Gasteiger partial charge is 0.462 e. The van der Waals surface area contributed by atoms with Crippen molar-refractivity contribution in [3.05, 3.63) is 12.2 Å². The fourth-order valence-corrected chi connectivity index (χ4v) is 7.10. The predicted molar refractivity (Wildman–Crippen MR) is 220 cm³/mol. The molecule has 0 heterocycles. The molecular weight excluding hydrogens is 689 g/mol. The lowest BCUT2D eigenvalue weighted by atomic mass is 10.0. The Morgan fingerprint density at radius 1 is 0.547 bits per heavy atom. The van der Waals surface area contributed by atoms with Gasteiger partial charge in [-0.1, -0.05) is 180 Å². The highest BCUT2D eigenvalue weighted by molar-refractivity contribution is 7.47. The van der Waals surface area contributed by atoms with Gasteiger partial charge in [0, 0.05) is 19.4 Å². The number of esters is 2. The van der Waals surface area contributed by atoms with E-state index in [1.54, 1.807) is 0 Å². The number of phosphoric acid groups is 1. The first-order valence-electron chi connectivity index (χ1n) is 22.2.